The van der Waals surface area contributed by atoms with Crippen LogP contribution in [0.1, 0.15) is 16.7 Å². The van der Waals surface area contributed by atoms with E-state index in [2.05, 4.69) is 10.3 Å². The number of aromatic nitrogens is 1. The van der Waals surface area contributed by atoms with E-state index in [1.807, 2.05) is 36.4 Å². The van der Waals surface area contributed by atoms with Gasteiger partial charge >= 0.3 is 11.6 Å². The van der Waals surface area contributed by atoms with Gasteiger partial charge in [-0.25, -0.2) is 9.59 Å². The molecule has 3 heterocycles. The fourth-order valence-corrected chi connectivity index (χ4v) is 5.12. The third-order valence-electron chi connectivity index (χ3n) is 7.21. The number of carboxylic acids is 1. The first-order valence-corrected chi connectivity index (χ1v) is 12.6. The van der Waals surface area contributed by atoms with E-state index < -0.39 is 23.5 Å². The number of rotatable bonds is 7. The van der Waals surface area contributed by atoms with Crippen molar-refractivity contribution in [2.45, 2.75) is 25.8 Å². The van der Waals surface area contributed by atoms with Gasteiger partial charge in [0, 0.05) is 45.9 Å². The lowest BCUT2D eigenvalue weighted by molar-refractivity contribution is -0.141. The van der Waals surface area contributed by atoms with Gasteiger partial charge < -0.3 is 29.3 Å². The summed E-state index contributed by atoms with van der Waals surface area (Å²) in [5.74, 6) is -1.80. The van der Waals surface area contributed by atoms with E-state index in [-0.39, 0.29) is 24.2 Å². The van der Waals surface area contributed by atoms with Crippen LogP contribution in [0.4, 0.5) is 0 Å². The molecular formula is C31H24N2O7. The average Bonchev–Trinajstić information content (AvgIpc) is 3.53. The fourth-order valence-electron chi connectivity index (χ4n) is 5.12. The molecule has 0 bridgehead atoms. The number of aromatic amines is 1. The molecular weight excluding hydrogens is 512 g/mol. The molecule has 0 aliphatic heterocycles. The molecule has 0 aliphatic carbocycles. The van der Waals surface area contributed by atoms with E-state index in [4.69, 9.17) is 8.83 Å². The highest BCUT2D eigenvalue weighted by atomic mass is 16.4. The van der Waals surface area contributed by atoms with Crippen molar-refractivity contribution in [3.8, 4) is 16.9 Å². The molecule has 0 saturated carbocycles. The smallest absolute Gasteiger partial charge is 0.340 e. The maximum absolute atomic E-state index is 13.0. The molecule has 0 aliphatic rings. The van der Waals surface area contributed by atoms with Crippen LogP contribution >= 0.6 is 0 Å². The van der Waals surface area contributed by atoms with Gasteiger partial charge in [-0.2, -0.15) is 0 Å². The second-order valence-corrected chi connectivity index (χ2v) is 9.74. The molecule has 1 atom stereocenters. The highest BCUT2D eigenvalue weighted by Crippen LogP contribution is 2.34. The molecule has 9 nitrogen and oxygen atoms in total. The number of phenolic OH excluding ortho intramolecular Hbond substituents is 1. The van der Waals surface area contributed by atoms with Crippen molar-refractivity contribution >= 4 is 44.7 Å². The van der Waals surface area contributed by atoms with Crippen LogP contribution in [-0.2, 0) is 22.4 Å². The van der Waals surface area contributed by atoms with Crippen molar-refractivity contribution in [2.75, 3.05) is 0 Å². The van der Waals surface area contributed by atoms with Gasteiger partial charge in [0.2, 0.25) is 5.91 Å². The second-order valence-electron chi connectivity index (χ2n) is 9.74. The summed E-state index contributed by atoms with van der Waals surface area (Å²) in [7, 11) is 0. The lowest BCUT2D eigenvalue weighted by Gasteiger charge is -2.15. The third kappa shape index (κ3) is 4.47. The van der Waals surface area contributed by atoms with Crippen LogP contribution in [0.5, 0.6) is 5.75 Å². The number of phenols is 1. The van der Waals surface area contributed by atoms with Crippen LogP contribution < -0.4 is 10.9 Å². The lowest BCUT2D eigenvalue weighted by Crippen LogP contribution is -2.43. The van der Waals surface area contributed by atoms with E-state index in [1.165, 1.54) is 12.1 Å². The molecule has 4 N–H and O–H groups in total. The van der Waals surface area contributed by atoms with Gasteiger partial charge in [0.25, 0.3) is 0 Å². The van der Waals surface area contributed by atoms with Crippen LogP contribution in [0, 0.1) is 6.92 Å². The predicted molar refractivity (Wildman–Crippen MR) is 149 cm³/mol. The molecule has 0 spiro atoms. The summed E-state index contributed by atoms with van der Waals surface area (Å²) in [6.07, 6.45) is 2.94. The van der Waals surface area contributed by atoms with Crippen LogP contribution in [0.25, 0.3) is 44.0 Å². The lowest BCUT2D eigenvalue weighted by atomic mass is 9.99. The van der Waals surface area contributed by atoms with Gasteiger partial charge in [-0.15, -0.1) is 0 Å². The van der Waals surface area contributed by atoms with Gasteiger partial charge in [0.15, 0.2) is 0 Å². The predicted octanol–water partition coefficient (Wildman–Crippen LogP) is 5.06. The summed E-state index contributed by atoms with van der Waals surface area (Å²) >= 11 is 0. The van der Waals surface area contributed by atoms with Crippen molar-refractivity contribution in [1.82, 2.24) is 10.3 Å². The molecule has 0 radical (unpaired) electrons. The fraction of sp³-hybridized carbons (Fsp3) is 0.129. The van der Waals surface area contributed by atoms with Crippen LogP contribution in [0.15, 0.2) is 86.8 Å². The number of nitrogens with one attached hydrogen (secondary N) is 2. The molecule has 9 heteroatoms. The molecule has 200 valence electrons. The van der Waals surface area contributed by atoms with Gasteiger partial charge in [-0.1, -0.05) is 30.3 Å². The van der Waals surface area contributed by atoms with Gasteiger partial charge in [-0.05, 0) is 47.9 Å². The quantitative estimate of drug-likeness (QED) is 0.209. The standard InChI is InChI=1S/C31H24N2O7/c1-16-20-11-23-24(17-5-3-2-4-6-17)15-39-27(23)13-28(20)40-31(38)21(16)12-29(35)33-26(30(36)37)9-18-14-32-25-8-7-19(34)10-22(18)25/h2-8,10-11,13-15,26,32,34H,9,12H2,1H3,(H,33,35)(H,36,37)/t26-/m0/s1. The monoisotopic (exact) mass is 536 g/mol. The molecule has 0 fully saturated rings. The number of amides is 1. The van der Waals surface area contributed by atoms with Crippen molar-refractivity contribution in [3.63, 3.8) is 0 Å². The zero-order valence-corrected chi connectivity index (χ0v) is 21.4. The Labute approximate surface area is 226 Å². The van der Waals surface area contributed by atoms with E-state index in [9.17, 15) is 24.6 Å². The average molecular weight is 537 g/mol. The molecule has 6 aromatic rings. The first-order chi connectivity index (χ1) is 19.3. The Bertz CT molecular complexity index is 1980. The first-order valence-electron chi connectivity index (χ1n) is 12.6. The molecule has 0 saturated heterocycles. The number of hydrogen-bond acceptors (Lipinski definition) is 6. The number of benzene rings is 3. The maximum Gasteiger partial charge on any atom is 0.340 e. The minimum Gasteiger partial charge on any atom is -0.508 e. The largest absolute Gasteiger partial charge is 0.508 e. The van der Waals surface area contributed by atoms with Gasteiger partial charge in [0.1, 0.15) is 23.0 Å². The highest BCUT2D eigenvalue weighted by Gasteiger charge is 2.24. The Morgan fingerprint density at radius 1 is 1.00 bits per heavy atom. The Kier molecular flexibility index (Phi) is 6.11. The maximum atomic E-state index is 13.0. The van der Waals surface area contributed by atoms with Crippen molar-refractivity contribution in [1.29, 1.82) is 0 Å². The SMILES string of the molecule is Cc1c(CC(=O)N[C@@H](Cc2c[nH]c3ccc(O)cc23)C(=O)O)c(=O)oc2cc3occ(-c4ccccc4)c3cc12. The first kappa shape index (κ1) is 25.0. The molecule has 40 heavy (non-hydrogen) atoms. The topological polar surface area (TPSA) is 146 Å². The van der Waals surface area contributed by atoms with Crippen molar-refractivity contribution < 1.29 is 28.6 Å². The second kappa shape index (κ2) is 9.77. The van der Waals surface area contributed by atoms with E-state index in [1.54, 1.807) is 31.5 Å². The summed E-state index contributed by atoms with van der Waals surface area (Å²) in [6, 6.07) is 16.8. The zero-order chi connectivity index (χ0) is 28.0. The molecule has 0 unspecified atom stereocenters. The summed E-state index contributed by atoms with van der Waals surface area (Å²) in [6.45, 7) is 1.74. The van der Waals surface area contributed by atoms with E-state index in [0.717, 1.165) is 22.0 Å². The number of hydrogen-bond donors (Lipinski definition) is 4. The van der Waals surface area contributed by atoms with Crippen LogP contribution in [0.2, 0.25) is 0 Å². The number of aryl methyl sites for hydroxylation is 1. The summed E-state index contributed by atoms with van der Waals surface area (Å²) in [5.41, 5.74) is 4.16. The van der Waals surface area contributed by atoms with Gasteiger partial charge in [-0.3, -0.25) is 4.79 Å². The zero-order valence-electron chi connectivity index (χ0n) is 21.4. The normalized spacial score (nSPS) is 12.2. The summed E-state index contributed by atoms with van der Waals surface area (Å²) in [4.78, 5) is 40.9. The van der Waals surface area contributed by atoms with Gasteiger partial charge in [0.05, 0.1) is 18.2 Å². The van der Waals surface area contributed by atoms with Crippen molar-refractivity contribution in [2.24, 2.45) is 0 Å². The van der Waals surface area contributed by atoms with E-state index >= 15 is 0 Å². The van der Waals surface area contributed by atoms with Crippen LogP contribution in [0.3, 0.4) is 0 Å². The Balaban J connectivity index is 1.29. The molecule has 3 aromatic carbocycles. The Hall–Kier alpha value is -5.31. The molecule has 3 aromatic heterocycles. The highest BCUT2D eigenvalue weighted by molar-refractivity contribution is 6.02. The van der Waals surface area contributed by atoms with E-state index in [0.29, 0.717) is 33.1 Å². The number of carboxylic acid groups (broad SMARTS) is 1. The van der Waals surface area contributed by atoms with Crippen molar-refractivity contribution in [3.05, 3.63) is 100 Å². The number of aromatic hydroxyl groups is 1. The minimum atomic E-state index is -1.25. The number of aliphatic carboxylic acids is 1. The number of H-pyrrole nitrogens is 1. The number of fused-ring (bicyclic) bond motifs is 3. The number of carbonyl (C=O) groups excluding carboxylic acids is 1. The minimum absolute atomic E-state index is 0.0173. The van der Waals surface area contributed by atoms with Crippen LogP contribution in [-0.4, -0.2) is 33.1 Å². The Morgan fingerprint density at radius 3 is 2.58 bits per heavy atom. The number of carbonyl (C=O) groups is 2. The summed E-state index contributed by atoms with van der Waals surface area (Å²) in [5, 5.41) is 24.3. The third-order valence-corrected chi connectivity index (χ3v) is 7.21. The summed E-state index contributed by atoms with van der Waals surface area (Å²) < 4.78 is 11.3. The number of furan rings is 1. The molecule has 6 rings (SSSR count). The Morgan fingerprint density at radius 2 is 1.80 bits per heavy atom. The molecule has 1 amide bonds.